The molecule has 4 heteroatoms. The molecule has 1 aliphatic heterocycles. The minimum atomic E-state index is -0.573. The van der Waals surface area contributed by atoms with E-state index in [4.69, 9.17) is 4.74 Å². The summed E-state index contributed by atoms with van der Waals surface area (Å²) in [5.74, 6) is 0.651. The monoisotopic (exact) mass is 303 g/mol. The number of amides is 1. The third kappa shape index (κ3) is 3.22. The first-order chi connectivity index (χ1) is 8.12. The van der Waals surface area contributed by atoms with Crippen LogP contribution in [0, 0.1) is 5.92 Å². The molecule has 3 nitrogen and oxygen atoms in total. The average molecular weight is 304 g/mol. The van der Waals surface area contributed by atoms with Crippen molar-refractivity contribution in [2.24, 2.45) is 5.92 Å². The van der Waals surface area contributed by atoms with Crippen molar-refractivity contribution in [1.82, 2.24) is 5.32 Å². The van der Waals surface area contributed by atoms with Gasteiger partial charge >= 0.3 is 0 Å². The Morgan fingerprint density at radius 3 is 2.82 bits per heavy atom. The minimum Gasteiger partial charge on any atom is -0.365 e. The van der Waals surface area contributed by atoms with E-state index in [9.17, 15) is 4.79 Å². The van der Waals surface area contributed by atoms with Gasteiger partial charge in [0.15, 0.2) is 0 Å². The summed E-state index contributed by atoms with van der Waals surface area (Å²) in [6.07, 6.45) is 6.88. The molecule has 17 heavy (non-hydrogen) atoms. The van der Waals surface area contributed by atoms with Crippen LogP contribution < -0.4 is 5.32 Å². The molecule has 1 heterocycles. The number of carbonyl (C=O) groups is 1. The molecule has 0 aromatic heterocycles. The Hall–Kier alpha value is -0.0900. The van der Waals surface area contributed by atoms with E-state index in [2.05, 4.69) is 21.2 Å². The predicted octanol–water partition coefficient (Wildman–Crippen LogP) is 2.63. The second-order valence-corrected chi connectivity index (χ2v) is 6.63. The molecule has 0 bridgehead atoms. The summed E-state index contributed by atoms with van der Waals surface area (Å²) in [7, 11) is 0. The van der Waals surface area contributed by atoms with Crippen molar-refractivity contribution < 1.29 is 9.53 Å². The van der Waals surface area contributed by atoms with Gasteiger partial charge in [-0.2, -0.15) is 0 Å². The fourth-order valence-electron chi connectivity index (χ4n) is 2.76. The molecule has 1 saturated heterocycles. The normalized spacial score (nSPS) is 38.0. The minimum absolute atomic E-state index is 0.0697. The van der Waals surface area contributed by atoms with Crippen LogP contribution in [0.5, 0.6) is 0 Å². The first-order valence-electron chi connectivity index (χ1n) is 6.68. The number of carbonyl (C=O) groups excluding carboxylic acids is 1. The van der Waals surface area contributed by atoms with Crippen LogP contribution in [-0.2, 0) is 9.53 Å². The molecule has 98 valence electrons. The fraction of sp³-hybridized carbons (Fsp3) is 0.923. The number of rotatable bonds is 3. The molecule has 1 saturated carbocycles. The number of hydrogen-bond acceptors (Lipinski definition) is 2. The van der Waals surface area contributed by atoms with Crippen LogP contribution in [0.15, 0.2) is 0 Å². The highest BCUT2D eigenvalue weighted by Gasteiger charge is 2.38. The molecule has 3 unspecified atom stereocenters. The Morgan fingerprint density at radius 2 is 2.18 bits per heavy atom. The third-order valence-electron chi connectivity index (χ3n) is 4.04. The third-order valence-corrected chi connectivity index (χ3v) is 5.25. The van der Waals surface area contributed by atoms with E-state index in [0.717, 1.165) is 19.4 Å². The van der Waals surface area contributed by atoms with Gasteiger partial charge in [-0.05, 0) is 38.5 Å². The van der Waals surface area contributed by atoms with Crippen molar-refractivity contribution in [1.29, 1.82) is 0 Å². The Balaban J connectivity index is 1.79. The van der Waals surface area contributed by atoms with Crippen LogP contribution in [0.25, 0.3) is 0 Å². The van der Waals surface area contributed by atoms with Crippen molar-refractivity contribution in [2.45, 2.75) is 55.9 Å². The highest BCUT2D eigenvalue weighted by Crippen LogP contribution is 2.30. The molecule has 1 N–H and O–H groups in total. The van der Waals surface area contributed by atoms with Crippen LogP contribution in [0.2, 0.25) is 0 Å². The lowest BCUT2D eigenvalue weighted by Crippen LogP contribution is -2.46. The maximum absolute atomic E-state index is 12.1. The summed E-state index contributed by atoms with van der Waals surface area (Å²) in [5.41, 5.74) is -0.573. The Labute approximate surface area is 112 Å². The lowest BCUT2D eigenvalue weighted by molar-refractivity contribution is -0.139. The van der Waals surface area contributed by atoms with Crippen LogP contribution in [0.4, 0.5) is 0 Å². The van der Waals surface area contributed by atoms with Crippen molar-refractivity contribution >= 4 is 21.8 Å². The van der Waals surface area contributed by atoms with E-state index >= 15 is 0 Å². The molecular formula is C13H22BrNO2. The van der Waals surface area contributed by atoms with Gasteiger partial charge in [0.2, 0.25) is 0 Å². The molecule has 2 aliphatic rings. The molecular weight excluding hydrogens is 282 g/mol. The molecule has 0 aromatic rings. The first kappa shape index (κ1) is 13.3. The maximum Gasteiger partial charge on any atom is 0.251 e. The van der Waals surface area contributed by atoms with Crippen LogP contribution in [-0.4, -0.2) is 29.5 Å². The van der Waals surface area contributed by atoms with Gasteiger partial charge < -0.3 is 10.1 Å². The van der Waals surface area contributed by atoms with E-state index in [-0.39, 0.29) is 5.91 Å². The highest BCUT2D eigenvalue weighted by atomic mass is 79.9. The first-order valence-corrected chi connectivity index (χ1v) is 7.60. The molecule has 0 radical (unpaired) electrons. The van der Waals surface area contributed by atoms with Gasteiger partial charge in [-0.15, -0.1) is 0 Å². The van der Waals surface area contributed by atoms with E-state index in [1.807, 2.05) is 6.92 Å². The van der Waals surface area contributed by atoms with Gasteiger partial charge in [-0.25, -0.2) is 0 Å². The van der Waals surface area contributed by atoms with Gasteiger partial charge in [-0.3, -0.25) is 4.79 Å². The molecule has 0 aromatic carbocycles. The molecule has 3 atom stereocenters. The number of hydrogen-bond donors (Lipinski definition) is 1. The van der Waals surface area contributed by atoms with Gasteiger partial charge in [0.05, 0.1) is 0 Å². The summed E-state index contributed by atoms with van der Waals surface area (Å²) in [6, 6.07) is 0. The Bertz CT molecular complexity index is 277. The van der Waals surface area contributed by atoms with Crippen LogP contribution in [0.1, 0.15) is 45.4 Å². The quantitative estimate of drug-likeness (QED) is 0.814. The zero-order valence-corrected chi connectivity index (χ0v) is 12.1. The van der Waals surface area contributed by atoms with Crippen molar-refractivity contribution in [3.8, 4) is 0 Å². The van der Waals surface area contributed by atoms with E-state index in [0.29, 0.717) is 17.4 Å². The number of alkyl halides is 1. The number of nitrogens with one attached hydrogen (secondary N) is 1. The average Bonchev–Trinajstić information content (AvgIpc) is 2.76. The topological polar surface area (TPSA) is 38.3 Å². The maximum atomic E-state index is 12.1. The van der Waals surface area contributed by atoms with Crippen molar-refractivity contribution in [2.75, 3.05) is 13.2 Å². The summed E-state index contributed by atoms with van der Waals surface area (Å²) in [6.45, 7) is 3.41. The molecule has 1 amide bonds. The Morgan fingerprint density at radius 1 is 1.41 bits per heavy atom. The van der Waals surface area contributed by atoms with E-state index < -0.39 is 5.60 Å². The van der Waals surface area contributed by atoms with E-state index in [1.54, 1.807) is 0 Å². The highest BCUT2D eigenvalue weighted by molar-refractivity contribution is 9.09. The lowest BCUT2D eigenvalue weighted by Gasteiger charge is -2.29. The largest absolute Gasteiger partial charge is 0.365 e. The smallest absolute Gasteiger partial charge is 0.251 e. The van der Waals surface area contributed by atoms with Crippen LogP contribution >= 0.6 is 15.9 Å². The number of ether oxygens (including phenoxy) is 1. The van der Waals surface area contributed by atoms with Gasteiger partial charge in [0.25, 0.3) is 5.91 Å². The van der Waals surface area contributed by atoms with Crippen molar-refractivity contribution in [3.63, 3.8) is 0 Å². The Kier molecular flexibility index (Phi) is 4.47. The van der Waals surface area contributed by atoms with Gasteiger partial charge in [-0.1, -0.05) is 28.8 Å². The predicted molar refractivity (Wildman–Crippen MR) is 71.3 cm³/mol. The molecule has 0 spiro atoms. The fourth-order valence-corrected chi connectivity index (χ4v) is 3.54. The summed E-state index contributed by atoms with van der Waals surface area (Å²) < 4.78 is 5.55. The second-order valence-electron chi connectivity index (χ2n) is 5.45. The van der Waals surface area contributed by atoms with E-state index in [1.165, 1.54) is 25.7 Å². The zero-order chi connectivity index (χ0) is 12.3. The molecule has 2 rings (SSSR count). The second kappa shape index (κ2) is 5.70. The summed E-state index contributed by atoms with van der Waals surface area (Å²) >= 11 is 3.72. The molecule has 1 aliphatic carbocycles. The van der Waals surface area contributed by atoms with Crippen LogP contribution in [0.3, 0.4) is 0 Å². The molecule has 2 fully saturated rings. The lowest BCUT2D eigenvalue weighted by atomic mass is 9.89. The summed E-state index contributed by atoms with van der Waals surface area (Å²) in [5, 5.41) is 3.07. The van der Waals surface area contributed by atoms with Gasteiger partial charge in [0, 0.05) is 18.0 Å². The standard InChI is InChI=1S/C13H22BrNO2/c1-13(7-4-8-17-13)12(16)15-9-10-5-2-3-6-11(10)14/h10-11H,2-9H2,1H3,(H,15,16). The van der Waals surface area contributed by atoms with Crippen molar-refractivity contribution in [3.05, 3.63) is 0 Å². The zero-order valence-electron chi connectivity index (χ0n) is 10.5. The SMILES string of the molecule is CC1(C(=O)NCC2CCCCC2Br)CCCO1. The van der Waals surface area contributed by atoms with Gasteiger partial charge in [0.1, 0.15) is 5.60 Å². The summed E-state index contributed by atoms with van der Waals surface area (Å²) in [4.78, 5) is 12.6. The number of halogens is 1.